The Kier molecular flexibility index (Phi) is 11.7. The zero-order valence-corrected chi connectivity index (χ0v) is 29.6. The van der Waals surface area contributed by atoms with Gasteiger partial charge in [0.1, 0.15) is 24.6 Å². The third-order valence-corrected chi connectivity index (χ3v) is 12.5. The van der Waals surface area contributed by atoms with Gasteiger partial charge < -0.3 is 28.4 Å². The fourth-order valence-corrected chi connectivity index (χ4v) is 9.63. The Balaban J connectivity index is 1.60. The topological polar surface area (TPSA) is 107 Å². The normalized spacial score (nSPS) is 33.3. The summed E-state index contributed by atoms with van der Waals surface area (Å²) in [6.45, 7) is 13.1. The predicted molar refractivity (Wildman–Crippen MR) is 174 cm³/mol. The van der Waals surface area contributed by atoms with Crippen LogP contribution in [0.15, 0.2) is 23.3 Å². The van der Waals surface area contributed by atoms with Crippen LogP contribution in [0.25, 0.3) is 0 Å². The number of Topliss-reactive ketones (excluding diaryl/α,β-unsaturated/α-hetero) is 1. The van der Waals surface area contributed by atoms with Crippen LogP contribution in [0.4, 0.5) is 9.59 Å². The minimum atomic E-state index is -0.879. The molecule has 0 aromatic carbocycles. The molecule has 9 heteroatoms. The van der Waals surface area contributed by atoms with E-state index in [0.717, 1.165) is 50.5 Å². The van der Waals surface area contributed by atoms with E-state index in [1.165, 1.54) is 19.8 Å². The first-order chi connectivity index (χ1) is 21.8. The first-order valence-corrected chi connectivity index (χ1v) is 17.3. The lowest BCUT2D eigenvalue weighted by Crippen LogP contribution is -2.54. The molecule has 3 fully saturated rings. The van der Waals surface area contributed by atoms with Crippen LogP contribution in [0, 0.1) is 40.4 Å². The maximum Gasteiger partial charge on any atom is 0.508 e. The largest absolute Gasteiger partial charge is 0.508 e. The van der Waals surface area contributed by atoms with Gasteiger partial charge in [-0.2, -0.15) is 0 Å². The molecule has 0 radical (unpaired) electrons. The highest BCUT2D eigenvalue weighted by Crippen LogP contribution is 2.67. The number of hydrogen-bond acceptors (Lipinski definition) is 9. The number of carbonyl (C=O) groups is 3. The van der Waals surface area contributed by atoms with Crippen molar-refractivity contribution in [2.45, 2.75) is 124 Å². The van der Waals surface area contributed by atoms with Crippen LogP contribution in [0.3, 0.4) is 0 Å². The summed E-state index contributed by atoms with van der Waals surface area (Å²) in [6.07, 6.45) is 11.1. The highest BCUT2D eigenvalue weighted by molar-refractivity contribution is 5.86. The number of rotatable bonds is 13. The quantitative estimate of drug-likeness (QED) is 0.145. The second kappa shape index (κ2) is 14.8. The molecule has 1 unspecified atom stereocenters. The monoisotopic (exact) mass is 646 g/mol. The Hall–Kier alpha value is -2.39. The maximum absolute atomic E-state index is 13.5. The number of unbranched alkanes of at least 4 members (excludes halogenated alkanes) is 1. The van der Waals surface area contributed by atoms with Gasteiger partial charge in [0.15, 0.2) is 5.78 Å². The Bertz CT molecular complexity index is 1170. The first-order valence-electron chi connectivity index (χ1n) is 17.3. The van der Waals surface area contributed by atoms with E-state index in [9.17, 15) is 14.4 Å². The zero-order chi connectivity index (χ0) is 33.9. The average molecular weight is 647 g/mol. The molecular formula is C37H58O9. The van der Waals surface area contributed by atoms with Gasteiger partial charge in [0.05, 0.1) is 14.2 Å². The molecule has 46 heavy (non-hydrogen) atoms. The van der Waals surface area contributed by atoms with E-state index in [-0.39, 0.29) is 23.9 Å². The number of ether oxygens (including phenoxy) is 6. The van der Waals surface area contributed by atoms with E-state index < -0.39 is 35.5 Å². The predicted octanol–water partition coefficient (Wildman–Crippen LogP) is 8.20. The second-order valence-electron chi connectivity index (χ2n) is 15.1. The van der Waals surface area contributed by atoms with Gasteiger partial charge >= 0.3 is 12.3 Å². The van der Waals surface area contributed by atoms with Crippen LogP contribution >= 0.6 is 0 Å². The lowest BCUT2D eigenvalue weighted by molar-refractivity contribution is -0.157. The standard InChI is InChI=1S/C37H58O9/c1-10-11-12-24(19-31(38)35(3,4)44-22-41-7)23(2)28-15-16-29-27-14-13-25-20-26(45-33(39)42-8)21-32(46-34(40)43-9)37(25,6)30(27)17-18-36(28,29)5/h13-14,23-24,26,28-30,32H,10-12,15-22H2,1-9H3/t23-,24+,26+,28+,29-,30?,32-,36+,37-/m0/s1. The number of hydrogen-bond donors (Lipinski definition) is 0. The van der Waals surface area contributed by atoms with Crippen molar-refractivity contribution in [1.82, 2.24) is 0 Å². The molecule has 4 rings (SSSR count). The van der Waals surface area contributed by atoms with Crippen LogP contribution in [0.1, 0.15) is 106 Å². The van der Waals surface area contributed by atoms with Crippen LogP contribution in [-0.4, -0.2) is 64.0 Å². The summed E-state index contributed by atoms with van der Waals surface area (Å²) < 4.78 is 32.1. The Morgan fingerprint density at radius 2 is 1.67 bits per heavy atom. The number of fused-ring (bicyclic) bond motifs is 5. The summed E-state index contributed by atoms with van der Waals surface area (Å²) >= 11 is 0. The Labute approximate surface area is 276 Å². The van der Waals surface area contributed by atoms with Crippen molar-refractivity contribution < 1.29 is 42.8 Å². The van der Waals surface area contributed by atoms with Gasteiger partial charge in [-0.1, -0.05) is 63.8 Å². The van der Waals surface area contributed by atoms with Gasteiger partial charge in [0.2, 0.25) is 0 Å². The molecule has 0 spiro atoms. The molecule has 0 bridgehead atoms. The number of carbonyl (C=O) groups excluding carboxylic acids is 3. The van der Waals surface area contributed by atoms with E-state index >= 15 is 0 Å². The minimum Gasteiger partial charge on any atom is -0.438 e. The summed E-state index contributed by atoms with van der Waals surface area (Å²) in [5.74, 6) is 1.96. The maximum atomic E-state index is 13.5. The molecule has 0 heterocycles. The van der Waals surface area contributed by atoms with Crippen LogP contribution < -0.4 is 0 Å². The van der Waals surface area contributed by atoms with Gasteiger partial charge in [-0.05, 0) is 81.0 Å². The van der Waals surface area contributed by atoms with Gasteiger partial charge in [0.25, 0.3) is 0 Å². The van der Waals surface area contributed by atoms with Gasteiger partial charge in [0, 0.05) is 31.8 Å². The smallest absolute Gasteiger partial charge is 0.438 e. The van der Waals surface area contributed by atoms with E-state index in [1.54, 1.807) is 7.11 Å². The summed E-state index contributed by atoms with van der Waals surface area (Å²) in [4.78, 5) is 38.0. The van der Waals surface area contributed by atoms with Crippen molar-refractivity contribution >= 4 is 18.1 Å². The van der Waals surface area contributed by atoms with Gasteiger partial charge in [-0.15, -0.1) is 0 Å². The zero-order valence-electron chi connectivity index (χ0n) is 29.6. The highest BCUT2D eigenvalue weighted by atomic mass is 16.7. The van der Waals surface area contributed by atoms with E-state index in [0.29, 0.717) is 42.9 Å². The molecule has 4 aliphatic carbocycles. The SMILES string of the molecule is CCCC[C@H](CC(=O)C(C)(C)OCOC)[C@H](C)[C@H]1CC[C@H]2C3=CC=C4C[C@@H](OC(=O)OC)C[C@H](OC(=O)OC)[C@]4(C)C3CC[C@]12C. The number of methoxy groups -OCH3 is 3. The molecule has 0 aliphatic heterocycles. The third kappa shape index (κ3) is 7.06. The van der Waals surface area contributed by atoms with E-state index in [2.05, 4.69) is 39.8 Å². The molecule has 4 aliphatic rings. The summed E-state index contributed by atoms with van der Waals surface area (Å²) in [7, 11) is 4.19. The number of allylic oxidation sites excluding steroid dienone is 3. The minimum absolute atomic E-state index is 0.103. The molecule has 0 aromatic heterocycles. The van der Waals surface area contributed by atoms with Crippen molar-refractivity contribution in [1.29, 1.82) is 0 Å². The Morgan fingerprint density at radius 3 is 2.33 bits per heavy atom. The molecule has 0 saturated heterocycles. The molecule has 9 atom stereocenters. The van der Waals surface area contributed by atoms with Crippen LogP contribution in [-0.2, 0) is 33.2 Å². The molecule has 0 aromatic rings. The van der Waals surface area contributed by atoms with Crippen LogP contribution in [0.5, 0.6) is 0 Å². The summed E-state index contributed by atoms with van der Waals surface area (Å²) in [5.41, 5.74) is 1.40. The highest BCUT2D eigenvalue weighted by Gasteiger charge is 2.60. The van der Waals surface area contributed by atoms with Crippen molar-refractivity contribution in [2.75, 3.05) is 28.1 Å². The second-order valence-corrected chi connectivity index (χ2v) is 15.1. The molecule has 3 saturated carbocycles. The van der Waals surface area contributed by atoms with Crippen molar-refractivity contribution in [2.24, 2.45) is 40.4 Å². The molecule has 9 nitrogen and oxygen atoms in total. The molecule has 0 N–H and O–H groups in total. The fraction of sp³-hybridized carbons (Fsp3) is 0.811. The van der Waals surface area contributed by atoms with Gasteiger partial charge in [-0.3, -0.25) is 4.79 Å². The first kappa shape index (κ1) is 36.4. The van der Waals surface area contributed by atoms with Crippen molar-refractivity contribution in [3.05, 3.63) is 23.3 Å². The lowest BCUT2D eigenvalue weighted by atomic mass is 9.49. The van der Waals surface area contributed by atoms with Crippen molar-refractivity contribution in [3.8, 4) is 0 Å². The molecule has 260 valence electrons. The lowest BCUT2D eigenvalue weighted by Gasteiger charge is -2.57. The van der Waals surface area contributed by atoms with E-state index in [1.807, 2.05) is 13.8 Å². The number of ketones is 1. The fourth-order valence-electron chi connectivity index (χ4n) is 9.63. The van der Waals surface area contributed by atoms with Crippen LogP contribution in [0.2, 0.25) is 0 Å². The van der Waals surface area contributed by atoms with Crippen molar-refractivity contribution in [3.63, 3.8) is 0 Å². The third-order valence-electron chi connectivity index (χ3n) is 12.5. The molecule has 0 amide bonds. The summed E-state index contributed by atoms with van der Waals surface area (Å²) in [6, 6.07) is 0. The van der Waals surface area contributed by atoms with E-state index in [4.69, 9.17) is 28.4 Å². The van der Waals surface area contributed by atoms with Gasteiger partial charge in [-0.25, -0.2) is 9.59 Å². The average Bonchev–Trinajstić information content (AvgIpc) is 3.39. The summed E-state index contributed by atoms with van der Waals surface area (Å²) in [5, 5.41) is 0. The Morgan fingerprint density at radius 1 is 0.978 bits per heavy atom. The molecular weight excluding hydrogens is 588 g/mol.